The monoisotopic (exact) mass is 374 g/mol. The van der Waals surface area contributed by atoms with Crippen molar-refractivity contribution in [2.45, 2.75) is 39.8 Å². The minimum Gasteiger partial charge on any atom is -0.325 e. The molecule has 8 heteroatoms. The molecule has 1 amide bonds. The van der Waals surface area contributed by atoms with E-state index in [4.69, 9.17) is 0 Å². The highest BCUT2D eigenvalue weighted by Crippen LogP contribution is 2.36. The van der Waals surface area contributed by atoms with E-state index in [1.165, 1.54) is 4.52 Å². The molecule has 0 radical (unpaired) electrons. The molecule has 0 spiro atoms. The van der Waals surface area contributed by atoms with E-state index in [0.717, 1.165) is 27.9 Å². The second-order valence-electron chi connectivity index (χ2n) is 6.78. The average Bonchev–Trinajstić information content (AvgIpc) is 3.17. The van der Waals surface area contributed by atoms with Crippen LogP contribution in [0, 0.1) is 13.8 Å². The first kappa shape index (κ1) is 17.5. The van der Waals surface area contributed by atoms with Crippen LogP contribution in [0.15, 0.2) is 18.2 Å². The van der Waals surface area contributed by atoms with Gasteiger partial charge in [0.1, 0.15) is 0 Å². The number of rotatable bonds is 2. The van der Waals surface area contributed by atoms with E-state index in [1.807, 2.05) is 32.0 Å². The zero-order valence-corrected chi connectivity index (χ0v) is 15.0. The number of fused-ring (bicyclic) bond motifs is 2. The number of amides is 1. The van der Waals surface area contributed by atoms with Gasteiger partial charge in [0.25, 0.3) is 5.82 Å². The number of carbonyl (C=O) groups excluding carboxylic acids is 1. The van der Waals surface area contributed by atoms with Crippen LogP contribution in [0.2, 0.25) is 0 Å². The van der Waals surface area contributed by atoms with E-state index in [2.05, 4.69) is 15.4 Å². The Bertz CT molecular complexity index is 1100. The highest BCUT2D eigenvalue weighted by Gasteiger charge is 2.37. The van der Waals surface area contributed by atoms with Gasteiger partial charge in [-0.05, 0) is 54.7 Å². The van der Waals surface area contributed by atoms with Gasteiger partial charge in [-0.25, -0.2) is 9.50 Å². The molecule has 0 saturated heterocycles. The normalized spacial score (nSPS) is 13.9. The minimum atomic E-state index is -4.62. The highest BCUT2D eigenvalue weighted by atomic mass is 19.4. The Morgan fingerprint density at radius 3 is 2.59 bits per heavy atom. The Labute approximate surface area is 153 Å². The third-order valence-corrected chi connectivity index (χ3v) is 4.80. The summed E-state index contributed by atoms with van der Waals surface area (Å²) in [5.74, 6) is -1.24. The molecule has 0 aliphatic carbocycles. The summed E-state index contributed by atoms with van der Waals surface area (Å²) < 4.78 is 40.7. The third-order valence-electron chi connectivity index (χ3n) is 4.80. The van der Waals surface area contributed by atoms with Crippen LogP contribution in [-0.2, 0) is 23.8 Å². The maximum atomic E-state index is 13.2. The van der Waals surface area contributed by atoms with Crippen LogP contribution in [0.3, 0.4) is 0 Å². The number of nitrogens with zero attached hydrogens (tertiary/aromatic N) is 3. The van der Waals surface area contributed by atoms with Gasteiger partial charge in [-0.2, -0.15) is 13.2 Å². The predicted molar refractivity (Wildman–Crippen MR) is 94.6 cm³/mol. The molecule has 0 fully saturated rings. The van der Waals surface area contributed by atoms with Gasteiger partial charge in [-0.15, -0.1) is 5.10 Å². The van der Waals surface area contributed by atoms with Gasteiger partial charge in [0.2, 0.25) is 5.91 Å². The maximum Gasteiger partial charge on any atom is 0.453 e. The molecule has 0 atom stereocenters. The van der Waals surface area contributed by atoms with Gasteiger partial charge >= 0.3 is 6.18 Å². The number of benzene rings is 1. The van der Waals surface area contributed by atoms with Crippen molar-refractivity contribution in [2.24, 2.45) is 0 Å². The van der Waals surface area contributed by atoms with Crippen LogP contribution in [0.5, 0.6) is 0 Å². The van der Waals surface area contributed by atoms with Crippen molar-refractivity contribution in [2.75, 3.05) is 5.32 Å². The first-order chi connectivity index (χ1) is 12.7. The summed E-state index contributed by atoms with van der Waals surface area (Å²) in [5.41, 5.74) is 5.46. The first-order valence-electron chi connectivity index (χ1n) is 8.59. The van der Waals surface area contributed by atoms with Crippen molar-refractivity contribution in [3.63, 3.8) is 0 Å². The minimum absolute atomic E-state index is 0.0808. The lowest BCUT2D eigenvalue weighted by Crippen LogP contribution is -2.08. The van der Waals surface area contributed by atoms with E-state index in [-0.39, 0.29) is 18.0 Å². The summed E-state index contributed by atoms with van der Waals surface area (Å²) in [5, 5.41) is 6.60. The number of aryl methyl sites for hydroxylation is 3. The van der Waals surface area contributed by atoms with Crippen LogP contribution in [-0.4, -0.2) is 20.5 Å². The molecule has 1 N–H and O–H groups in total. The molecule has 27 heavy (non-hydrogen) atoms. The molecule has 1 aliphatic heterocycles. The molecular formula is C19H17F3N4O. The number of halogens is 3. The maximum absolute atomic E-state index is 13.2. The molecule has 5 nitrogen and oxygen atoms in total. The smallest absolute Gasteiger partial charge is 0.325 e. The van der Waals surface area contributed by atoms with E-state index in [9.17, 15) is 18.0 Å². The standard InChI is InChI=1S/C19H17F3N4O/c1-4-11-6-13(7-12-8-14(27)23-15(11)12)16-9(2)5-10(3)17-24-18(19(20,21)22)25-26(16)17/h5-7H,4,8H2,1-3H3,(H,23,27). The number of nitrogens with one attached hydrogen (secondary N) is 1. The lowest BCUT2D eigenvalue weighted by molar-refractivity contribution is -0.144. The molecule has 140 valence electrons. The molecule has 4 rings (SSSR count). The first-order valence-corrected chi connectivity index (χ1v) is 8.59. The SMILES string of the molecule is CCc1cc(-c2c(C)cc(C)c3nc(C(F)(F)F)nn23)cc2c1NC(=O)C2. The van der Waals surface area contributed by atoms with E-state index in [0.29, 0.717) is 17.7 Å². The topological polar surface area (TPSA) is 59.3 Å². The second kappa shape index (κ2) is 5.80. The largest absolute Gasteiger partial charge is 0.453 e. The van der Waals surface area contributed by atoms with Crippen LogP contribution in [0.1, 0.15) is 35.0 Å². The van der Waals surface area contributed by atoms with Crippen molar-refractivity contribution in [1.82, 2.24) is 14.6 Å². The summed E-state index contributed by atoms with van der Waals surface area (Å²) in [6.45, 7) is 5.52. The molecular weight excluding hydrogens is 357 g/mol. The van der Waals surface area contributed by atoms with Crippen LogP contribution >= 0.6 is 0 Å². The van der Waals surface area contributed by atoms with Crippen LogP contribution in [0.4, 0.5) is 18.9 Å². The summed E-state index contributed by atoms with van der Waals surface area (Å²) in [6, 6.07) is 5.55. The van der Waals surface area contributed by atoms with Crippen molar-refractivity contribution in [3.8, 4) is 11.3 Å². The zero-order valence-electron chi connectivity index (χ0n) is 15.0. The zero-order chi connectivity index (χ0) is 19.5. The van der Waals surface area contributed by atoms with Gasteiger partial charge < -0.3 is 5.32 Å². The Balaban J connectivity index is 2.01. The van der Waals surface area contributed by atoms with E-state index < -0.39 is 12.0 Å². The molecule has 0 saturated carbocycles. The van der Waals surface area contributed by atoms with Crippen molar-refractivity contribution in [1.29, 1.82) is 0 Å². The summed E-state index contributed by atoms with van der Waals surface area (Å²) in [7, 11) is 0. The molecule has 2 aromatic heterocycles. The number of pyridine rings is 1. The Morgan fingerprint density at radius 1 is 1.19 bits per heavy atom. The molecule has 0 bridgehead atoms. The van der Waals surface area contributed by atoms with Gasteiger partial charge in [-0.3, -0.25) is 4.79 Å². The van der Waals surface area contributed by atoms with Gasteiger partial charge in [0, 0.05) is 11.3 Å². The highest BCUT2D eigenvalue weighted by molar-refractivity contribution is 6.00. The fourth-order valence-electron chi connectivity index (χ4n) is 3.66. The predicted octanol–water partition coefficient (Wildman–Crippen LogP) is 4.09. The number of aromatic nitrogens is 3. The quantitative estimate of drug-likeness (QED) is 0.735. The lowest BCUT2D eigenvalue weighted by atomic mass is 9.97. The Kier molecular flexibility index (Phi) is 3.76. The van der Waals surface area contributed by atoms with Gasteiger partial charge in [-0.1, -0.05) is 13.0 Å². The molecule has 1 aromatic carbocycles. The molecule has 3 aromatic rings. The van der Waals surface area contributed by atoms with Gasteiger partial charge in [0.05, 0.1) is 12.1 Å². The second-order valence-corrected chi connectivity index (χ2v) is 6.78. The number of hydrogen-bond acceptors (Lipinski definition) is 3. The summed E-state index contributed by atoms with van der Waals surface area (Å²) in [4.78, 5) is 15.5. The Hall–Kier alpha value is -2.90. The third kappa shape index (κ3) is 2.75. The van der Waals surface area contributed by atoms with Gasteiger partial charge in [0.15, 0.2) is 5.65 Å². The van der Waals surface area contributed by atoms with E-state index in [1.54, 1.807) is 6.92 Å². The number of alkyl halides is 3. The van der Waals surface area contributed by atoms with E-state index >= 15 is 0 Å². The number of carbonyl (C=O) groups is 1. The summed E-state index contributed by atoms with van der Waals surface area (Å²) in [6.07, 6.45) is -3.67. The average molecular weight is 374 g/mol. The summed E-state index contributed by atoms with van der Waals surface area (Å²) >= 11 is 0. The van der Waals surface area contributed by atoms with Crippen molar-refractivity contribution < 1.29 is 18.0 Å². The van der Waals surface area contributed by atoms with Crippen LogP contribution < -0.4 is 5.32 Å². The van der Waals surface area contributed by atoms with Crippen LogP contribution in [0.25, 0.3) is 16.9 Å². The molecule has 1 aliphatic rings. The molecule has 3 heterocycles. The van der Waals surface area contributed by atoms with Crippen molar-refractivity contribution in [3.05, 3.63) is 46.3 Å². The number of hydrogen-bond donors (Lipinski definition) is 1. The fourth-order valence-corrected chi connectivity index (χ4v) is 3.66. The van der Waals surface area contributed by atoms with Crippen molar-refractivity contribution >= 4 is 17.2 Å². The molecule has 0 unspecified atom stereocenters. The number of anilines is 1. The lowest BCUT2D eigenvalue weighted by Gasteiger charge is -2.14. The fraction of sp³-hybridized carbons (Fsp3) is 0.316. The Morgan fingerprint density at radius 2 is 1.93 bits per heavy atom.